The number of rotatable bonds is 7. The lowest BCUT2D eigenvalue weighted by Crippen LogP contribution is -2.47. The van der Waals surface area contributed by atoms with Crippen molar-refractivity contribution in [2.45, 2.75) is 30.8 Å². The number of nitrogens with one attached hydrogen (secondary N) is 2. The molecule has 1 aliphatic rings. The molecule has 1 atom stereocenters. The largest absolute Gasteiger partial charge is 0.387 e. The predicted octanol–water partition coefficient (Wildman–Crippen LogP) is 2.27. The summed E-state index contributed by atoms with van der Waals surface area (Å²) in [5, 5.41) is 15.5. The first-order valence-corrected chi connectivity index (χ1v) is 8.76. The number of hydrogen-bond acceptors (Lipinski definition) is 3. The highest BCUT2D eigenvalue weighted by molar-refractivity contribution is 7.98. The van der Waals surface area contributed by atoms with E-state index < -0.39 is 5.60 Å². The first-order valence-electron chi connectivity index (χ1n) is 7.37. The van der Waals surface area contributed by atoms with E-state index in [1.54, 1.807) is 19.1 Å². The molecule has 0 aromatic heterocycles. The van der Waals surface area contributed by atoms with Gasteiger partial charge in [-0.25, -0.2) is 9.18 Å². The maximum Gasteiger partial charge on any atom is 0.314 e. The number of halogens is 1. The van der Waals surface area contributed by atoms with Gasteiger partial charge in [-0.1, -0.05) is 18.2 Å². The minimum Gasteiger partial charge on any atom is -0.387 e. The molecule has 2 rings (SSSR count). The number of hydrogen-bond donors (Lipinski definition) is 3. The molecule has 1 aromatic carbocycles. The van der Waals surface area contributed by atoms with Crippen LogP contribution in [0.4, 0.5) is 9.18 Å². The van der Waals surface area contributed by atoms with Crippen LogP contribution in [-0.4, -0.2) is 41.8 Å². The molecule has 1 aliphatic carbocycles. The molecule has 4 nitrogen and oxygen atoms in total. The molecule has 3 N–H and O–H groups in total. The summed E-state index contributed by atoms with van der Waals surface area (Å²) in [4.78, 5) is 11.9. The van der Waals surface area contributed by atoms with Crippen LogP contribution < -0.4 is 10.6 Å². The van der Waals surface area contributed by atoms with Crippen molar-refractivity contribution in [3.63, 3.8) is 0 Å². The molecule has 1 saturated carbocycles. The summed E-state index contributed by atoms with van der Waals surface area (Å²) in [6.07, 6.45) is 3.65. The van der Waals surface area contributed by atoms with Crippen molar-refractivity contribution in [3.8, 4) is 0 Å². The van der Waals surface area contributed by atoms with Crippen molar-refractivity contribution in [2.24, 2.45) is 0 Å². The Morgan fingerprint density at radius 1 is 1.41 bits per heavy atom. The van der Waals surface area contributed by atoms with Crippen molar-refractivity contribution < 1.29 is 14.3 Å². The molecular weight excluding hydrogens is 303 g/mol. The minimum absolute atomic E-state index is 0.187. The Labute approximate surface area is 134 Å². The van der Waals surface area contributed by atoms with Crippen molar-refractivity contribution in [1.82, 2.24) is 10.6 Å². The summed E-state index contributed by atoms with van der Waals surface area (Å²) in [7, 11) is 0. The van der Waals surface area contributed by atoms with E-state index >= 15 is 0 Å². The van der Waals surface area contributed by atoms with Crippen molar-refractivity contribution in [1.29, 1.82) is 0 Å². The van der Waals surface area contributed by atoms with Gasteiger partial charge in [-0.15, -0.1) is 0 Å². The van der Waals surface area contributed by atoms with Crippen molar-refractivity contribution >= 4 is 17.8 Å². The molecule has 122 valence electrons. The molecule has 0 heterocycles. The van der Waals surface area contributed by atoms with Crippen molar-refractivity contribution in [3.05, 3.63) is 35.6 Å². The summed E-state index contributed by atoms with van der Waals surface area (Å²) in [6.45, 7) is 2.28. The van der Waals surface area contributed by atoms with E-state index in [0.29, 0.717) is 17.9 Å². The van der Waals surface area contributed by atoms with Gasteiger partial charge in [0.25, 0.3) is 0 Å². The highest BCUT2D eigenvalue weighted by atomic mass is 32.2. The quantitative estimate of drug-likeness (QED) is 0.720. The zero-order valence-electron chi connectivity index (χ0n) is 13.0. The van der Waals surface area contributed by atoms with E-state index in [9.17, 15) is 14.3 Å². The highest BCUT2D eigenvalue weighted by Gasteiger charge is 2.46. The Bertz CT molecular complexity index is 533. The molecule has 1 aromatic rings. The third-order valence-electron chi connectivity index (χ3n) is 3.97. The lowest BCUT2D eigenvalue weighted by atomic mass is 9.95. The van der Waals surface area contributed by atoms with E-state index in [1.165, 1.54) is 17.8 Å². The lowest BCUT2D eigenvalue weighted by molar-refractivity contribution is 0.0869. The smallest absolute Gasteiger partial charge is 0.314 e. The molecule has 0 saturated heterocycles. The normalized spacial score (nSPS) is 18.4. The molecule has 0 bridgehead atoms. The summed E-state index contributed by atoms with van der Waals surface area (Å²) in [5.74, 6) is 0.331. The van der Waals surface area contributed by atoms with Crippen LogP contribution in [0.5, 0.6) is 0 Å². The molecule has 6 heteroatoms. The van der Waals surface area contributed by atoms with Crippen LogP contribution in [-0.2, 0) is 5.41 Å². The van der Waals surface area contributed by atoms with Gasteiger partial charge in [0.1, 0.15) is 5.82 Å². The SMILES string of the molecule is CSCC(C)(O)CNC(=O)NCC1(c2ccccc2F)CC1. The van der Waals surface area contributed by atoms with Gasteiger partial charge in [-0.2, -0.15) is 11.8 Å². The van der Waals surface area contributed by atoms with Gasteiger partial charge >= 0.3 is 6.03 Å². The Morgan fingerprint density at radius 2 is 2.09 bits per heavy atom. The predicted molar refractivity (Wildman–Crippen MR) is 87.7 cm³/mol. The second-order valence-electron chi connectivity index (χ2n) is 6.23. The van der Waals surface area contributed by atoms with Crippen LogP contribution >= 0.6 is 11.8 Å². The van der Waals surface area contributed by atoms with E-state index in [1.807, 2.05) is 12.3 Å². The zero-order valence-corrected chi connectivity index (χ0v) is 13.8. The topological polar surface area (TPSA) is 61.4 Å². The molecule has 22 heavy (non-hydrogen) atoms. The Kier molecular flexibility index (Phi) is 5.34. The highest BCUT2D eigenvalue weighted by Crippen LogP contribution is 2.48. The maximum atomic E-state index is 13.9. The summed E-state index contributed by atoms with van der Waals surface area (Å²) >= 11 is 1.52. The van der Waals surface area contributed by atoms with Gasteiger partial charge < -0.3 is 15.7 Å². The second-order valence-corrected chi connectivity index (χ2v) is 7.09. The fourth-order valence-electron chi connectivity index (χ4n) is 2.53. The van der Waals surface area contributed by atoms with Crippen molar-refractivity contribution in [2.75, 3.05) is 25.1 Å². The standard InChI is InChI=1S/C16H23FN2O2S/c1-15(21,11-22-2)9-18-14(20)19-10-16(7-8-16)12-5-3-4-6-13(12)17/h3-6,21H,7-11H2,1-2H3,(H2,18,19,20). The first-order chi connectivity index (χ1) is 10.4. The summed E-state index contributed by atoms with van der Waals surface area (Å²) < 4.78 is 13.9. The van der Waals surface area contributed by atoms with Gasteiger partial charge in [-0.3, -0.25) is 0 Å². The molecule has 1 unspecified atom stereocenters. The van der Waals surface area contributed by atoms with E-state index in [-0.39, 0.29) is 23.8 Å². The number of carbonyl (C=O) groups excluding carboxylic acids is 1. The Hall–Kier alpha value is -1.27. The summed E-state index contributed by atoms with van der Waals surface area (Å²) in [6, 6.07) is 6.39. The number of urea groups is 1. The van der Waals surface area contributed by atoms with Gasteiger partial charge in [0.2, 0.25) is 0 Å². The zero-order chi connectivity index (χ0) is 16.2. The van der Waals surface area contributed by atoms with E-state index in [0.717, 1.165) is 12.8 Å². The summed E-state index contributed by atoms with van der Waals surface area (Å²) in [5.41, 5.74) is -0.533. The van der Waals surface area contributed by atoms with Gasteiger partial charge in [-0.05, 0) is 37.7 Å². The third-order valence-corrected chi connectivity index (χ3v) is 4.88. The van der Waals surface area contributed by atoms with Gasteiger partial charge in [0.05, 0.1) is 5.60 Å². The fraction of sp³-hybridized carbons (Fsp3) is 0.562. The Morgan fingerprint density at radius 3 is 2.68 bits per heavy atom. The average Bonchev–Trinajstić information content (AvgIpc) is 3.24. The van der Waals surface area contributed by atoms with Crippen LogP contribution in [0.15, 0.2) is 24.3 Å². The van der Waals surface area contributed by atoms with Crippen LogP contribution in [0.25, 0.3) is 0 Å². The number of amides is 2. The third kappa shape index (κ3) is 4.36. The van der Waals surface area contributed by atoms with Gasteiger partial charge in [0.15, 0.2) is 0 Å². The fourth-order valence-corrected chi connectivity index (χ4v) is 3.25. The van der Waals surface area contributed by atoms with Gasteiger partial charge in [0, 0.05) is 24.3 Å². The van der Waals surface area contributed by atoms with E-state index in [2.05, 4.69) is 10.6 Å². The van der Waals surface area contributed by atoms with Crippen LogP contribution in [0.3, 0.4) is 0 Å². The minimum atomic E-state index is -0.931. The number of thioether (sulfide) groups is 1. The molecule has 1 fully saturated rings. The molecule has 2 amide bonds. The maximum absolute atomic E-state index is 13.9. The molecule has 0 spiro atoms. The van der Waals surface area contributed by atoms with Crippen LogP contribution in [0.2, 0.25) is 0 Å². The molecular formula is C16H23FN2O2S. The monoisotopic (exact) mass is 326 g/mol. The van der Waals surface area contributed by atoms with Crippen LogP contribution in [0.1, 0.15) is 25.3 Å². The molecule has 0 radical (unpaired) electrons. The number of carbonyl (C=O) groups is 1. The second kappa shape index (κ2) is 6.87. The number of benzene rings is 1. The first kappa shape index (κ1) is 17.1. The number of aliphatic hydroxyl groups is 1. The van der Waals surface area contributed by atoms with E-state index in [4.69, 9.17) is 0 Å². The Balaban J connectivity index is 1.83. The lowest BCUT2D eigenvalue weighted by Gasteiger charge is -2.23. The average molecular weight is 326 g/mol. The molecule has 0 aliphatic heterocycles. The van der Waals surface area contributed by atoms with Crippen LogP contribution in [0, 0.1) is 5.82 Å².